The van der Waals surface area contributed by atoms with Crippen molar-refractivity contribution in [3.8, 4) is 11.5 Å². The molecule has 2 aromatic rings. The Balaban J connectivity index is 1.35. The fourth-order valence-electron chi connectivity index (χ4n) is 4.79. The second-order valence-corrected chi connectivity index (χ2v) is 8.85. The fourth-order valence-corrected chi connectivity index (χ4v) is 4.79. The van der Waals surface area contributed by atoms with Gasteiger partial charge in [0.05, 0.1) is 23.9 Å². The fraction of sp³-hybridized carbons (Fsp3) is 0.346. The first-order valence-corrected chi connectivity index (χ1v) is 11.7. The van der Waals surface area contributed by atoms with Gasteiger partial charge in [-0.15, -0.1) is 0 Å². The molecule has 8 heteroatoms. The van der Waals surface area contributed by atoms with Gasteiger partial charge in [0.1, 0.15) is 11.5 Å². The van der Waals surface area contributed by atoms with Gasteiger partial charge in [0.2, 0.25) is 5.91 Å². The van der Waals surface area contributed by atoms with Gasteiger partial charge in [0.25, 0.3) is 5.91 Å². The van der Waals surface area contributed by atoms with Crippen LogP contribution in [-0.2, 0) is 9.59 Å². The molecular formula is C26H28N4O4. The number of rotatable bonds is 6. The van der Waals surface area contributed by atoms with Crippen molar-refractivity contribution in [1.82, 2.24) is 20.0 Å². The molecule has 1 saturated heterocycles. The Morgan fingerprint density at radius 1 is 1.03 bits per heavy atom. The molecule has 0 aromatic heterocycles. The van der Waals surface area contributed by atoms with Crippen LogP contribution in [0.4, 0.5) is 4.79 Å². The van der Waals surface area contributed by atoms with Crippen LogP contribution in [0, 0.1) is 0 Å². The number of hydrogen-bond acceptors (Lipinski definition) is 4. The van der Waals surface area contributed by atoms with E-state index in [1.165, 1.54) is 4.90 Å². The highest BCUT2D eigenvalue weighted by Gasteiger charge is 2.43. The molecule has 3 heterocycles. The third-order valence-electron chi connectivity index (χ3n) is 6.66. The summed E-state index contributed by atoms with van der Waals surface area (Å²) in [5.41, 5.74) is 2.00. The van der Waals surface area contributed by atoms with Gasteiger partial charge in [0, 0.05) is 33.1 Å². The van der Waals surface area contributed by atoms with Crippen LogP contribution in [0.5, 0.6) is 11.5 Å². The van der Waals surface area contributed by atoms with Crippen molar-refractivity contribution in [2.45, 2.75) is 25.3 Å². The molecule has 4 amide bonds. The largest absolute Gasteiger partial charge is 0.457 e. The zero-order valence-corrected chi connectivity index (χ0v) is 19.2. The number of nitrogens with one attached hydrogen (secondary N) is 1. The number of urea groups is 1. The standard InChI is InChI=1S/C26H28N4O4/c1-28-21-17-30(15-12-22(31)29-13-5-6-14-29)25(32)23(21)24(27-26(28)33)18-8-7-11-20(16-18)34-19-9-3-2-4-10-19/h2-4,7-11,16,24H,5-6,12-15,17H2,1H3,(H,27,33). The molecule has 0 radical (unpaired) electrons. The Morgan fingerprint density at radius 2 is 1.76 bits per heavy atom. The number of carbonyl (C=O) groups is 3. The number of amides is 4. The summed E-state index contributed by atoms with van der Waals surface area (Å²) in [4.78, 5) is 43.7. The molecular weight excluding hydrogens is 432 g/mol. The van der Waals surface area contributed by atoms with Gasteiger partial charge >= 0.3 is 6.03 Å². The molecule has 8 nitrogen and oxygen atoms in total. The molecule has 1 fully saturated rings. The maximum absolute atomic E-state index is 13.4. The van der Waals surface area contributed by atoms with Crippen LogP contribution in [0.1, 0.15) is 30.9 Å². The van der Waals surface area contributed by atoms with Gasteiger partial charge in [-0.25, -0.2) is 4.79 Å². The third-order valence-corrected chi connectivity index (χ3v) is 6.66. The highest BCUT2D eigenvalue weighted by atomic mass is 16.5. The highest BCUT2D eigenvalue weighted by Crippen LogP contribution is 2.37. The summed E-state index contributed by atoms with van der Waals surface area (Å²) in [5, 5.41) is 2.96. The first-order valence-electron chi connectivity index (χ1n) is 11.7. The summed E-state index contributed by atoms with van der Waals surface area (Å²) < 4.78 is 5.95. The average molecular weight is 461 g/mol. The molecule has 3 aliphatic heterocycles. The third kappa shape index (κ3) is 4.23. The first-order chi connectivity index (χ1) is 16.5. The van der Waals surface area contributed by atoms with E-state index < -0.39 is 6.04 Å². The number of likely N-dealkylation sites (N-methyl/N-ethyl adjacent to an activating group) is 1. The lowest BCUT2D eigenvalue weighted by molar-refractivity contribution is -0.131. The number of carbonyl (C=O) groups excluding carboxylic acids is 3. The number of ether oxygens (including phenoxy) is 1. The average Bonchev–Trinajstić information content (AvgIpc) is 3.50. The minimum Gasteiger partial charge on any atom is -0.457 e. The second-order valence-electron chi connectivity index (χ2n) is 8.85. The number of benzene rings is 2. The summed E-state index contributed by atoms with van der Waals surface area (Å²) in [6.45, 7) is 2.26. The van der Waals surface area contributed by atoms with Crippen LogP contribution in [0.3, 0.4) is 0 Å². The highest BCUT2D eigenvalue weighted by molar-refractivity contribution is 6.01. The molecule has 176 valence electrons. The van der Waals surface area contributed by atoms with Gasteiger partial charge in [-0.3, -0.25) is 14.5 Å². The molecule has 0 spiro atoms. The Bertz CT molecular complexity index is 1140. The molecule has 0 saturated carbocycles. The Kier molecular flexibility index (Phi) is 5.96. The van der Waals surface area contributed by atoms with E-state index in [-0.39, 0.29) is 17.8 Å². The zero-order chi connectivity index (χ0) is 23.7. The van der Waals surface area contributed by atoms with E-state index in [1.807, 2.05) is 59.5 Å². The lowest BCUT2D eigenvalue weighted by Crippen LogP contribution is -2.45. The summed E-state index contributed by atoms with van der Waals surface area (Å²) in [6, 6.07) is 16.0. The summed E-state index contributed by atoms with van der Waals surface area (Å²) in [5.74, 6) is 1.27. The van der Waals surface area contributed by atoms with Crippen molar-refractivity contribution < 1.29 is 19.1 Å². The zero-order valence-electron chi connectivity index (χ0n) is 19.2. The van der Waals surface area contributed by atoms with Crippen LogP contribution >= 0.6 is 0 Å². The predicted octanol–water partition coefficient (Wildman–Crippen LogP) is 3.28. The molecule has 2 aromatic carbocycles. The van der Waals surface area contributed by atoms with Crippen molar-refractivity contribution in [2.24, 2.45) is 0 Å². The van der Waals surface area contributed by atoms with E-state index >= 15 is 0 Å². The van der Waals surface area contributed by atoms with Crippen LogP contribution in [0.2, 0.25) is 0 Å². The molecule has 34 heavy (non-hydrogen) atoms. The Morgan fingerprint density at radius 3 is 2.53 bits per heavy atom. The van der Waals surface area contributed by atoms with Gasteiger partial charge in [-0.1, -0.05) is 30.3 Å². The normalized spacial score (nSPS) is 20.0. The Hall–Kier alpha value is -3.81. The topological polar surface area (TPSA) is 82.2 Å². The van der Waals surface area contributed by atoms with Crippen molar-refractivity contribution in [2.75, 3.05) is 33.2 Å². The van der Waals surface area contributed by atoms with E-state index in [0.717, 1.165) is 31.5 Å². The van der Waals surface area contributed by atoms with E-state index in [0.29, 0.717) is 42.3 Å². The van der Waals surface area contributed by atoms with Gasteiger partial charge in [-0.05, 0) is 42.7 Å². The molecule has 0 aliphatic carbocycles. The summed E-state index contributed by atoms with van der Waals surface area (Å²) in [6.07, 6.45) is 2.37. The van der Waals surface area contributed by atoms with Crippen molar-refractivity contribution in [1.29, 1.82) is 0 Å². The van der Waals surface area contributed by atoms with Crippen molar-refractivity contribution in [3.63, 3.8) is 0 Å². The summed E-state index contributed by atoms with van der Waals surface area (Å²) >= 11 is 0. The maximum Gasteiger partial charge on any atom is 0.322 e. The summed E-state index contributed by atoms with van der Waals surface area (Å²) in [7, 11) is 1.67. The minimum atomic E-state index is -0.579. The maximum atomic E-state index is 13.4. The monoisotopic (exact) mass is 460 g/mol. The van der Waals surface area contributed by atoms with Crippen LogP contribution in [0.25, 0.3) is 0 Å². The smallest absolute Gasteiger partial charge is 0.322 e. The Labute approximate surface area is 198 Å². The molecule has 1 unspecified atom stereocenters. The number of para-hydroxylation sites is 1. The predicted molar refractivity (Wildman–Crippen MR) is 126 cm³/mol. The van der Waals surface area contributed by atoms with Crippen molar-refractivity contribution in [3.05, 3.63) is 71.4 Å². The molecule has 3 aliphatic rings. The van der Waals surface area contributed by atoms with Crippen LogP contribution in [0.15, 0.2) is 65.9 Å². The minimum absolute atomic E-state index is 0.0834. The lowest BCUT2D eigenvalue weighted by atomic mass is 9.95. The van der Waals surface area contributed by atoms with E-state index in [9.17, 15) is 14.4 Å². The molecule has 1 N–H and O–H groups in total. The quantitative estimate of drug-likeness (QED) is 0.717. The van der Waals surface area contributed by atoms with E-state index in [1.54, 1.807) is 11.9 Å². The second kappa shape index (κ2) is 9.21. The number of nitrogens with zero attached hydrogens (tertiary/aromatic N) is 3. The van der Waals surface area contributed by atoms with Crippen LogP contribution in [-0.4, -0.2) is 65.8 Å². The van der Waals surface area contributed by atoms with E-state index in [4.69, 9.17) is 4.74 Å². The first kappa shape index (κ1) is 22.0. The SMILES string of the molecule is CN1C(=O)NC(c2cccc(Oc3ccccc3)c2)C2=C1CN(CCC(=O)N1CCCC1)C2=O. The van der Waals surface area contributed by atoms with E-state index in [2.05, 4.69) is 5.32 Å². The molecule has 5 rings (SSSR count). The number of hydrogen-bond donors (Lipinski definition) is 1. The van der Waals surface area contributed by atoms with Gasteiger partial charge in [0.15, 0.2) is 0 Å². The molecule has 1 atom stereocenters. The van der Waals surface area contributed by atoms with Gasteiger partial charge in [-0.2, -0.15) is 0 Å². The van der Waals surface area contributed by atoms with Crippen molar-refractivity contribution >= 4 is 17.8 Å². The van der Waals surface area contributed by atoms with Crippen LogP contribution < -0.4 is 10.1 Å². The van der Waals surface area contributed by atoms with Gasteiger partial charge < -0.3 is 19.9 Å². The number of likely N-dealkylation sites (tertiary alicyclic amines) is 1. The lowest BCUT2D eigenvalue weighted by Gasteiger charge is -2.31. The molecule has 0 bridgehead atoms.